The van der Waals surface area contributed by atoms with Crippen LogP contribution in [0.4, 0.5) is 13.2 Å². The van der Waals surface area contributed by atoms with Crippen molar-refractivity contribution in [3.63, 3.8) is 0 Å². The molecule has 0 atom stereocenters. The summed E-state index contributed by atoms with van der Waals surface area (Å²) in [5, 5.41) is 12.4. The van der Waals surface area contributed by atoms with Gasteiger partial charge in [0.2, 0.25) is 0 Å². The van der Waals surface area contributed by atoms with Gasteiger partial charge in [-0.25, -0.2) is 4.79 Å². The number of rotatable bonds is 2. The monoisotopic (exact) mass is 297 g/mol. The normalized spacial score (nSPS) is 12.0. The molecule has 0 spiro atoms. The zero-order chi connectivity index (χ0) is 15.2. The van der Waals surface area contributed by atoms with Gasteiger partial charge >= 0.3 is 18.2 Å². The molecule has 1 aromatic carbocycles. The third-order valence-electron chi connectivity index (χ3n) is 2.73. The number of aromatic carboxylic acids is 1. The van der Waals surface area contributed by atoms with Gasteiger partial charge in [-0.05, 0) is 18.2 Å². The number of aromatic nitrogens is 3. The zero-order valence-electron chi connectivity index (χ0n) is 10.1. The Bertz CT molecular complexity index is 835. The van der Waals surface area contributed by atoms with Gasteiger partial charge in [-0.1, -0.05) is 0 Å². The van der Waals surface area contributed by atoms with Crippen LogP contribution in [0.2, 0.25) is 0 Å². The molecule has 1 N–H and O–H groups in total. The zero-order valence-corrected chi connectivity index (χ0v) is 10.1. The molecule has 0 radical (unpaired) electrons. The molecule has 0 aliphatic heterocycles. The second-order valence-electron chi connectivity index (χ2n) is 4.16. The molecule has 0 amide bonds. The maximum Gasteiger partial charge on any atom is 0.419 e. The first-order valence-corrected chi connectivity index (χ1v) is 5.61. The van der Waals surface area contributed by atoms with Crippen molar-refractivity contribution in [3.8, 4) is 6.01 Å². The smallest absolute Gasteiger partial charge is 0.419 e. The van der Waals surface area contributed by atoms with Crippen molar-refractivity contribution >= 4 is 17.1 Å². The Balaban J connectivity index is 2.05. The van der Waals surface area contributed by atoms with Crippen LogP contribution < -0.4 is 0 Å². The molecule has 3 rings (SSSR count). The minimum absolute atomic E-state index is 0.0124. The third-order valence-corrected chi connectivity index (χ3v) is 2.73. The van der Waals surface area contributed by atoms with E-state index in [9.17, 15) is 18.0 Å². The Morgan fingerprint density at radius 3 is 2.71 bits per heavy atom. The van der Waals surface area contributed by atoms with Gasteiger partial charge in [-0.2, -0.15) is 27.9 Å². The van der Waals surface area contributed by atoms with Crippen molar-refractivity contribution in [3.05, 3.63) is 41.7 Å². The highest BCUT2D eigenvalue weighted by Gasteiger charge is 2.32. The number of alkyl halides is 3. The van der Waals surface area contributed by atoms with Crippen LogP contribution >= 0.6 is 0 Å². The van der Waals surface area contributed by atoms with Crippen LogP contribution in [0.1, 0.15) is 15.9 Å². The molecular weight excluding hydrogens is 291 g/mol. The van der Waals surface area contributed by atoms with E-state index in [4.69, 9.17) is 9.52 Å². The van der Waals surface area contributed by atoms with Crippen LogP contribution in [-0.4, -0.2) is 25.8 Å². The predicted molar refractivity (Wildman–Crippen MR) is 63.1 cm³/mol. The van der Waals surface area contributed by atoms with Crippen LogP contribution in [0.25, 0.3) is 17.1 Å². The highest BCUT2D eigenvalue weighted by atomic mass is 19.4. The Labute approximate surface area is 114 Å². The number of carboxylic acid groups (broad SMARTS) is 1. The first-order chi connectivity index (χ1) is 9.84. The van der Waals surface area contributed by atoms with Gasteiger partial charge in [-0.15, -0.1) is 0 Å². The summed E-state index contributed by atoms with van der Waals surface area (Å²) in [4.78, 5) is 14.8. The summed E-state index contributed by atoms with van der Waals surface area (Å²) in [5.74, 6) is -1.15. The first kappa shape index (κ1) is 13.2. The highest BCUT2D eigenvalue weighted by Crippen LogP contribution is 2.29. The number of halogens is 3. The molecule has 6 nitrogen and oxygen atoms in total. The lowest BCUT2D eigenvalue weighted by Crippen LogP contribution is -2.03. The van der Waals surface area contributed by atoms with Crippen molar-refractivity contribution in [1.82, 2.24) is 14.8 Å². The van der Waals surface area contributed by atoms with E-state index in [1.165, 1.54) is 18.2 Å². The van der Waals surface area contributed by atoms with E-state index >= 15 is 0 Å². The number of carboxylic acids is 1. The maximum absolute atomic E-state index is 12.5. The molecule has 0 aliphatic carbocycles. The Kier molecular flexibility index (Phi) is 2.71. The molecule has 0 aliphatic rings. The SMILES string of the molecule is O=C(O)c1ccc2nc(-n3cc(C(F)(F)F)cn3)oc2c1. The van der Waals surface area contributed by atoms with Gasteiger partial charge in [0.1, 0.15) is 5.52 Å². The lowest BCUT2D eigenvalue weighted by atomic mass is 10.2. The number of hydrogen-bond acceptors (Lipinski definition) is 4. The van der Waals surface area contributed by atoms with E-state index in [-0.39, 0.29) is 17.2 Å². The Morgan fingerprint density at radius 2 is 2.10 bits per heavy atom. The van der Waals surface area contributed by atoms with Crippen LogP contribution in [0.5, 0.6) is 0 Å². The Morgan fingerprint density at radius 1 is 1.33 bits per heavy atom. The summed E-state index contributed by atoms with van der Waals surface area (Å²) >= 11 is 0. The average molecular weight is 297 g/mol. The topological polar surface area (TPSA) is 81.1 Å². The van der Waals surface area contributed by atoms with E-state index in [1.807, 2.05) is 0 Å². The van der Waals surface area contributed by atoms with Crippen molar-refractivity contribution in [2.75, 3.05) is 0 Å². The second-order valence-corrected chi connectivity index (χ2v) is 4.16. The van der Waals surface area contributed by atoms with Crippen LogP contribution in [0.3, 0.4) is 0 Å². The molecule has 2 aromatic heterocycles. The summed E-state index contributed by atoms with van der Waals surface area (Å²) in [5.41, 5.74) is -0.481. The number of carbonyl (C=O) groups is 1. The predicted octanol–water partition coefficient (Wildman–Crippen LogP) is 2.73. The quantitative estimate of drug-likeness (QED) is 0.786. The van der Waals surface area contributed by atoms with E-state index in [0.29, 0.717) is 11.7 Å². The van der Waals surface area contributed by atoms with Crippen molar-refractivity contribution in [2.45, 2.75) is 6.18 Å². The fourth-order valence-corrected chi connectivity index (χ4v) is 1.72. The van der Waals surface area contributed by atoms with Crippen molar-refractivity contribution < 1.29 is 27.5 Å². The number of hydrogen-bond donors (Lipinski definition) is 1. The fraction of sp³-hybridized carbons (Fsp3) is 0.0833. The molecule has 9 heteroatoms. The van der Waals surface area contributed by atoms with Crippen LogP contribution in [-0.2, 0) is 6.18 Å². The second kappa shape index (κ2) is 4.33. The molecule has 21 heavy (non-hydrogen) atoms. The molecule has 2 heterocycles. The standard InChI is InChI=1S/C12H6F3N3O3/c13-12(14,15)7-4-16-18(5-7)11-17-8-2-1-6(10(19)20)3-9(8)21-11/h1-5H,(H,19,20). The summed E-state index contributed by atoms with van der Waals surface area (Å²) in [6.45, 7) is 0. The summed E-state index contributed by atoms with van der Waals surface area (Å²) < 4.78 is 43.5. The van der Waals surface area contributed by atoms with Gasteiger partial charge in [-0.3, -0.25) is 0 Å². The molecule has 0 saturated heterocycles. The molecular formula is C12H6F3N3O3. The van der Waals surface area contributed by atoms with E-state index in [1.54, 1.807) is 0 Å². The minimum atomic E-state index is -4.51. The largest absolute Gasteiger partial charge is 0.478 e. The summed E-state index contributed by atoms with van der Waals surface area (Å²) in [6, 6.07) is 3.78. The van der Waals surface area contributed by atoms with Gasteiger partial charge < -0.3 is 9.52 Å². The lowest BCUT2D eigenvalue weighted by molar-refractivity contribution is -0.137. The van der Waals surface area contributed by atoms with Gasteiger partial charge in [0.15, 0.2) is 5.58 Å². The third kappa shape index (κ3) is 2.33. The first-order valence-electron chi connectivity index (χ1n) is 5.61. The number of nitrogens with zero attached hydrogens (tertiary/aromatic N) is 3. The van der Waals surface area contributed by atoms with Gasteiger partial charge in [0, 0.05) is 6.20 Å². The molecule has 0 bridgehead atoms. The summed E-state index contributed by atoms with van der Waals surface area (Å²) in [7, 11) is 0. The molecule has 0 saturated carbocycles. The van der Waals surface area contributed by atoms with Crippen molar-refractivity contribution in [1.29, 1.82) is 0 Å². The molecule has 3 aromatic rings. The number of benzene rings is 1. The molecule has 0 fully saturated rings. The van der Waals surface area contributed by atoms with Crippen LogP contribution in [0.15, 0.2) is 35.0 Å². The Hall–Kier alpha value is -2.84. The van der Waals surface area contributed by atoms with Crippen LogP contribution in [0, 0.1) is 0 Å². The number of fused-ring (bicyclic) bond motifs is 1. The average Bonchev–Trinajstić information content (AvgIpc) is 3.03. The molecule has 108 valence electrons. The van der Waals surface area contributed by atoms with E-state index in [0.717, 1.165) is 10.9 Å². The lowest BCUT2D eigenvalue weighted by Gasteiger charge is -1.99. The van der Waals surface area contributed by atoms with Gasteiger partial charge in [0.25, 0.3) is 0 Å². The van der Waals surface area contributed by atoms with E-state index < -0.39 is 17.7 Å². The minimum Gasteiger partial charge on any atom is -0.478 e. The fourth-order valence-electron chi connectivity index (χ4n) is 1.72. The number of oxazole rings is 1. The van der Waals surface area contributed by atoms with E-state index in [2.05, 4.69) is 10.1 Å². The van der Waals surface area contributed by atoms with Gasteiger partial charge in [0.05, 0.1) is 17.3 Å². The maximum atomic E-state index is 12.5. The molecule has 0 unspecified atom stereocenters. The summed E-state index contributed by atoms with van der Waals surface area (Å²) in [6.07, 6.45) is -3.12. The van der Waals surface area contributed by atoms with Crippen molar-refractivity contribution in [2.24, 2.45) is 0 Å². The highest BCUT2D eigenvalue weighted by molar-refractivity contribution is 5.91.